The van der Waals surface area contributed by atoms with Crippen LogP contribution in [0.25, 0.3) is 0 Å². The molecule has 1 saturated heterocycles. The molecule has 6 heteroatoms. The first-order valence-corrected chi connectivity index (χ1v) is 7.55. The van der Waals surface area contributed by atoms with Crippen LogP contribution < -0.4 is 5.32 Å². The number of carbonyl (C=O) groups is 2. The first-order valence-electron chi connectivity index (χ1n) is 7.55. The molecule has 1 aliphatic rings. The predicted octanol–water partition coefficient (Wildman–Crippen LogP) is 1.93. The quantitative estimate of drug-likeness (QED) is 0.786. The molecule has 0 aromatic heterocycles. The van der Waals surface area contributed by atoms with Crippen LogP contribution in [-0.2, 0) is 14.3 Å². The van der Waals surface area contributed by atoms with Crippen molar-refractivity contribution in [2.75, 3.05) is 20.2 Å². The van der Waals surface area contributed by atoms with Crippen molar-refractivity contribution in [1.29, 1.82) is 0 Å². The fourth-order valence-electron chi connectivity index (χ4n) is 2.42. The molecule has 1 rings (SSSR count). The maximum atomic E-state index is 12.1. The van der Waals surface area contributed by atoms with E-state index in [9.17, 15) is 9.59 Å². The minimum atomic E-state index is -0.470. The molecule has 0 aromatic carbocycles. The SMILES string of the molecule is COC(=O)C(C)NCCC1CCCN1C(=O)OC(C)(C)C. The van der Waals surface area contributed by atoms with Crippen molar-refractivity contribution < 1.29 is 19.1 Å². The van der Waals surface area contributed by atoms with E-state index in [1.54, 1.807) is 11.8 Å². The van der Waals surface area contributed by atoms with Gasteiger partial charge in [-0.3, -0.25) is 4.79 Å². The van der Waals surface area contributed by atoms with Crippen molar-refractivity contribution in [1.82, 2.24) is 10.2 Å². The average Bonchev–Trinajstić information content (AvgIpc) is 2.84. The number of nitrogens with one attached hydrogen (secondary N) is 1. The molecule has 0 saturated carbocycles. The molecule has 1 N–H and O–H groups in total. The Hall–Kier alpha value is -1.30. The van der Waals surface area contributed by atoms with Crippen LogP contribution in [0.15, 0.2) is 0 Å². The zero-order valence-corrected chi connectivity index (χ0v) is 13.8. The highest BCUT2D eigenvalue weighted by Gasteiger charge is 2.31. The molecular weight excluding hydrogens is 272 g/mol. The monoisotopic (exact) mass is 300 g/mol. The van der Waals surface area contributed by atoms with Gasteiger partial charge in [0.15, 0.2) is 0 Å². The normalized spacial score (nSPS) is 20.2. The summed E-state index contributed by atoms with van der Waals surface area (Å²) in [6.45, 7) is 8.79. The molecule has 0 aromatic rings. The van der Waals surface area contributed by atoms with E-state index in [1.807, 2.05) is 20.8 Å². The Bertz CT molecular complexity index is 365. The Kier molecular flexibility index (Phi) is 6.45. The standard InChI is InChI=1S/C15H28N2O4/c1-11(13(18)20-5)16-9-8-12-7-6-10-17(12)14(19)21-15(2,3)4/h11-12,16H,6-10H2,1-5H3. The molecule has 2 unspecified atom stereocenters. The van der Waals surface area contributed by atoms with Gasteiger partial charge in [-0.05, 0) is 53.5 Å². The Morgan fingerprint density at radius 3 is 2.62 bits per heavy atom. The van der Waals surface area contributed by atoms with Gasteiger partial charge >= 0.3 is 12.1 Å². The van der Waals surface area contributed by atoms with E-state index in [2.05, 4.69) is 10.1 Å². The van der Waals surface area contributed by atoms with E-state index in [1.165, 1.54) is 7.11 Å². The van der Waals surface area contributed by atoms with Crippen molar-refractivity contribution in [2.45, 2.75) is 64.6 Å². The number of methoxy groups -OCH3 is 1. The molecule has 21 heavy (non-hydrogen) atoms. The fraction of sp³-hybridized carbons (Fsp3) is 0.867. The van der Waals surface area contributed by atoms with Gasteiger partial charge in [0.25, 0.3) is 0 Å². The second-order valence-corrected chi connectivity index (χ2v) is 6.46. The topological polar surface area (TPSA) is 67.9 Å². The third-order valence-corrected chi connectivity index (χ3v) is 3.49. The van der Waals surface area contributed by atoms with E-state index in [-0.39, 0.29) is 24.1 Å². The van der Waals surface area contributed by atoms with Crippen LogP contribution in [-0.4, -0.2) is 54.8 Å². The van der Waals surface area contributed by atoms with Gasteiger partial charge in [0.2, 0.25) is 0 Å². The molecule has 2 atom stereocenters. The van der Waals surface area contributed by atoms with Gasteiger partial charge < -0.3 is 19.7 Å². The summed E-state index contributed by atoms with van der Waals surface area (Å²) in [7, 11) is 1.38. The van der Waals surface area contributed by atoms with E-state index in [0.29, 0.717) is 6.54 Å². The molecule has 0 aliphatic carbocycles. The van der Waals surface area contributed by atoms with Crippen molar-refractivity contribution in [3.8, 4) is 0 Å². The number of likely N-dealkylation sites (tertiary alicyclic amines) is 1. The highest BCUT2D eigenvalue weighted by Crippen LogP contribution is 2.22. The lowest BCUT2D eigenvalue weighted by molar-refractivity contribution is -0.142. The first-order chi connectivity index (χ1) is 9.74. The van der Waals surface area contributed by atoms with Gasteiger partial charge in [-0.25, -0.2) is 4.79 Å². The fourth-order valence-corrected chi connectivity index (χ4v) is 2.42. The van der Waals surface area contributed by atoms with Crippen LogP contribution in [0.2, 0.25) is 0 Å². The number of carbonyl (C=O) groups excluding carboxylic acids is 2. The maximum Gasteiger partial charge on any atom is 0.410 e. The minimum absolute atomic E-state index is 0.178. The molecular formula is C15H28N2O4. The number of rotatable bonds is 5. The molecule has 6 nitrogen and oxygen atoms in total. The zero-order valence-electron chi connectivity index (χ0n) is 13.8. The number of hydrogen-bond donors (Lipinski definition) is 1. The molecule has 1 aliphatic heterocycles. The zero-order chi connectivity index (χ0) is 16.0. The lowest BCUT2D eigenvalue weighted by Gasteiger charge is -2.28. The van der Waals surface area contributed by atoms with Gasteiger partial charge in [-0.1, -0.05) is 0 Å². The highest BCUT2D eigenvalue weighted by molar-refractivity contribution is 5.75. The van der Waals surface area contributed by atoms with Crippen LogP contribution >= 0.6 is 0 Å². The van der Waals surface area contributed by atoms with E-state index < -0.39 is 5.60 Å². The lowest BCUT2D eigenvalue weighted by Crippen LogP contribution is -2.42. The number of esters is 1. The van der Waals surface area contributed by atoms with Crippen molar-refractivity contribution in [2.24, 2.45) is 0 Å². The third-order valence-electron chi connectivity index (χ3n) is 3.49. The summed E-state index contributed by atoms with van der Waals surface area (Å²) in [5.74, 6) is -0.273. The number of hydrogen-bond acceptors (Lipinski definition) is 5. The number of nitrogens with zero attached hydrogens (tertiary/aromatic N) is 1. The lowest BCUT2D eigenvalue weighted by atomic mass is 10.1. The number of amides is 1. The Morgan fingerprint density at radius 2 is 2.05 bits per heavy atom. The highest BCUT2D eigenvalue weighted by atomic mass is 16.6. The minimum Gasteiger partial charge on any atom is -0.468 e. The van der Waals surface area contributed by atoms with E-state index in [0.717, 1.165) is 25.8 Å². The molecule has 1 amide bonds. The van der Waals surface area contributed by atoms with Crippen LogP contribution in [0.4, 0.5) is 4.79 Å². The second-order valence-electron chi connectivity index (χ2n) is 6.46. The van der Waals surface area contributed by atoms with Gasteiger partial charge in [0, 0.05) is 12.6 Å². The summed E-state index contributed by atoms with van der Waals surface area (Å²) in [6.07, 6.45) is 2.54. The Balaban J connectivity index is 2.40. The molecule has 1 fully saturated rings. The second kappa shape index (κ2) is 7.64. The smallest absolute Gasteiger partial charge is 0.410 e. The van der Waals surface area contributed by atoms with Crippen molar-refractivity contribution in [3.63, 3.8) is 0 Å². The van der Waals surface area contributed by atoms with Crippen LogP contribution in [0, 0.1) is 0 Å². The number of ether oxygens (including phenoxy) is 2. The summed E-state index contributed by atoms with van der Waals surface area (Å²) >= 11 is 0. The average molecular weight is 300 g/mol. The van der Waals surface area contributed by atoms with E-state index >= 15 is 0 Å². The molecule has 0 spiro atoms. The molecule has 122 valence electrons. The van der Waals surface area contributed by atoms with Gasteiger partial charge in [0.05, 0.1) is 7.11 Å². The van der Waals surface area contributed by atoms with Crippen LogP contribution in [0.5, 0.6) is 0 Å². The maximum absolute atomic E-state index is 12.1. The van der Waals surface area contributed by atoms with Gasteiger partial charge in [0.1, 0.15) is 11.6 Å². The Morgan fingerprint density at radius 1 is 1.38 bits per heavy atom. The summed E-state index contributed by atoms with van der Waals surface area (Å²) in [6, 6.07) is -0.149. The van der Waals surface area contributed by atoms with Gasteiger partial charge in [-0.15, -0.1) is 0 Å². The molecule has 0 radical (unpaired) electrons. The first kappa shape index (κ1) is 17.8. The third kappa shape index (κ3) is 5.91. The largest absolute Gasteiger partial charge is 0.468 e. The van der Waals surface area contributed by atoms with E-state index in [4.69, 9.17) is 4.74 Å². The summed E-state index contributed by atoms with van der Waals surface area (Å²) < 4.78 is 10.1. The molecule has 1 heterocycles. The predicted molar refractivity (Wildman–Crippen MR) is 80.1 cm³/mol. The summed E-state index contributed by atoms with van der Waals surface area (Å²) in [4.78, 5) is 25.2. The summed E-state index contributed by atoms with van der Waals surface area (Å²) in [5.41, 5.74) is -0.470. The summed E-state index contributed by atoms with van der Waals surface area (Å²) in [5, 5.41) is 3.11. The van der Waals surface area contributed by atoms with Crippen LogP contribution in [0.1, 0.15) is 47.0 Å². The van der Waals surface area contributed by atoms with Crippen molar-refractivity contribution >= 4 is 12.1 Å². The van der Waals surface area contributed by atoms with Crippen molar-refractivity contribution in [3.05, 3.63) is 0 Å². The van der Waals surface area contributed by atoms with Gasteiger partial charge in [-0.2, -0.15) is 0 Å². The molecule has 0 bridgehead atoms. The van der Waals surface area contributed by atoms with Crippen LogP contribution in [0.3, 0.4) is 0 Å². The Labute approximate surface area is 127 Å².